The van der Waals surface area contributed by atoms with Crippen molar-refractivity contribution in [1.82, 2.24) is 4.98 Å². The summed E-state index contributed by atoms with van der Waals surface area (Å²) in [5.74, 6) is 0.440. The zero-order chi connectivity index (χ0) is 8.10. The van der Waals surface area contributed by atoms with Crippen LogP contribution in [0.3, 0.4) is 0 Å². The largest absolute Gasteiger partial charge is 0.313 e. The summed E-state index contributed by atoms with van der Waals surface area (Å²) in [6, 6.07) is 3.99. The molecule has 2 nitrogen and oxygen atoms in total. The molecular weight excluding hydrogens is 136 g/mol. The van der Waals surface area contributed by atoms with Crippen LogP contribution in [0.15, 0.2) is 24.5 Å². The molecule has 1 heterocycles. The van der Waals surface area contributed by atoms with E-state index in [2.05, 4.69) is 11.9 Å². The standard InChI is InChI=1S/C9H12N2/c1-8(2-5-10)9-3-6-11-7-4-9/h3-8,10H,2H2,1H3. The number of nitrogens with one attached hydrogen (secondary N) is 1. The molecule has 0 aliphatic carbocycles. The van der Waals surface area contributed by atoms with Crippen LogP contribution in [0.5, 0.6) is 0 Å². The predicted molar refractivity (Wildman–Crippen MR) is 46.1 cm³/mol. The Morgan fingerprint density at radius 3 is 2.73 bits per heavy atom. The van der Waals surface area contributed by atoms with Crippen LogP contribution in [0, 0.1) is 5.41 Å². The Kier molecular flexibility index (Phi) is 2.78. The molecule has 1 atom stereocenters. The molecule has 0 aliphatic heterocycles. The molecule has 1 rings (SSSR count). The highest BCUT2D eigenvalue weighted by Crippen LogP contribution is 2.15. The molecule has 0 radical (unpaired) electrons. The van der Waals surface area contributed by atoms with Gasteiger partial charge in [-0.1, -0.05) is 6.92 Å². The first-order valence-electron chi connectivity index (χ1n) is 3.73. The second-order valence-electron chi connectivity index (χ2n) is 2.62. The molecule has 0 spiro atoms. The van der Waals surface area contributed by atoms with Crippen molar-refractivity contribution in [2.75, 3.05) is 0 Å². The molecule has 11 heavy (non-hydrogen) atoms. The van der Waals surface area contributed by atoms with Crippen molar-refractivity contribution in [1.29, 1.82) is 5.41 Å². The third-order valence-corrected chi connectivity index (χ3v) is 1.75. The average Bonchev–Trinajstić information content (AvgIpc) is 2.07. The minimum Gasteiger partial charge on any atom is -0.313 e. The third kappa shape index (κ3) is 2.15. The first kappa shape index (κ1) is 7.92. The van der Waals surface area contributed by atoms with E-state index in [4.69, 9.17) is 5.41 Å². The molecule has 0 fully saturated rings. The van der Waals surface area contributed by atoms with E-state index >= 15 is 0 Å². The lowest BCUT2D eigenvalue weighted by Crippen LogP contribution is -1.93. The predicted octanol–water partition coefficient (Wildman–Crippen LogP) is 2.22. The monoisotopic (exact) mass is 148 g/mol. The number of aromatic nitrogens is 1. The lowest BCUT2D eigenvalue weighted by atomic mass is 10.00. The number of hydrogen-bond donors (Lipinski definition) is 1. The van der Waals surface area contributed by atoms with Crippen LogP contribution in [-0.2, 0) is 0 Å². The van der Waals surface area contributed by atoms with Crippen molar-refractivity contribution in [3.05, 3.63) is 30.1 Å². The molecule has 0 aliphatic rings. The molecule has 58 valence electrons. The van der Waals surface area contributed by atoms with Crippen molar-refractivity contribution >= 4 is 6.21 Å². The number of pyridine rings is 1. The second kappa shape index (κ2) is 3.86. The van der Waals surface area contributed by atoms with Gasteiger partial charge in [0.2, 0.25) is 0 Å². The Morgan fingerprint density at radius 2 is 2.18 bits per heavy atom. The van der Waals surface area contributed by atoms with Crippen LogP contribution in [0.25, 0.3) is 0 Å². The summed E-state index contributed by atoms with van der Waals surface area (Å²) in [4.78, 5) is 3.93. The molecule has 0 saturated heterocycles. The van der Waals surface area contributed by atoms with Gasteiger partial charge in [0.15, 0.2) is 0 Å². The molecule has 1 N–H and O–H groups in total. The van der Waals surface area contributed by atoms with Crippen LogP contribution < -0.4 is 0 Å². The van der Waals surface area contributed by atoms with E-state index in [9.17, 15) is 0 Å². The maximum absolute atomic E-state index is 6.94. The minimum atomic E-state index is 0.440. The van der Waals surface area contributed by atoms with Gasteiger partial charge in [-0.3, -0.25) is 4.98 Å². The molecule has 0 aromatic carbocycles. The zero-order valence-corrected chi connectivity index (χ0v) is 6.62. The van der Waals surface area contributed by atoms with Gasteiger partial charge in [0.25, 0.3) is 0 Å². The summed E-state index contributed by atoms with van der Waals surface area (Å²) >= 11 is 0. The van der Waals surface area contributed by atoms with Gasteiger partial charge in [0, 0.05) is 12.4 Å². The highest BCUT2D eigenvalue weighted by atomic mass is 14.6. The summed E-state index contributed by atoms with van der Waals surface area (Å²) in [7, 11) is 0. The number of hydrogen-bond acceptors (Lipinski definition) is 2. The van der Waals surface area contributed by atoms with Crippen LogP contribution in [-0.4, -0.2) is 11.2 Å². The van der Waals surface area contributed by atoms with Gasteiger partial charge in [-0.15, -0.1) is 0 Å². The maximum atomic E-state index is 6.94. The Morgan fingerprint density at radius 1 is 1.55 bits per heavy atom. The Bertz CT molecular complexity index is 218. The topological polar surface area (TPSA) is 36.7 Å². The molecule has 2 heteroatoms. The zero-order valence-electron chi connectivity index (χ0n) is 6.62. The Labute approximate surface area is 66.8 Å². The van der Waals surface area contributed by atoms with Crippen LogP contribution in [0.4, 0.5) is 0 Å². The average molecular weight is 148 g/mol. The molecule has 0 amide bonds. The van der Waals surface area contributed by atoms with Gasteiger partial charge in [-0.25, -0.2) is 0 Å². The van der Waals surface area contributed by atoms with Gasteiger partial charge >= 0.3 is 0 Å². The normalized spacial score (nSPS) is 12.5. The highest BCUT2D eigenvalue weighted by Gasteiger charge is 2.01. The van der Waals surface area contributed by atoms with Crippen molar-refractivity contribution in [2.45, 2.75) is 19.3 Å². The third-order valence-electron chi connectivity index (χ3n) is 1.75. The fraction of sp³-hybridized carbons (Fsp3) is 0.333. The minimum absolute atomic E-state index is 0.440. The summed E-state index contributed by atoms with van der Waals surface area (Å²) in [5.41, 5.74) is 1.25. The van der Waals surface area contributed by atoms with Crippen molar-refractivity contribution < 1.29 is 0 Å². The Balaban J connectivity index is 2.68. The molecule has 0 bridgehead atoms. The van der Waals surface area contributed by atoms with Crippen LogP contribution in [0.2, 0.25) is 0 Å². The van der Waals surface area contributed by atoms with Gasteiger partial charge in [-0.2, -0.15) is 0 Å². The molecule has 1 unspecified atom stereocenters. The maximum Gasteiger partial charge on any atom is 0.0270 e. The van der Waals surface area contributed by atoms with Crippen LogP contribution in [0.1, 0.15) is 24.8 Å². The van der Waals surface area contributed by atoms with Gasteiger partial charge < -0.3 is 5.41 Å². The van der Waals surface area contributed by atoms with E-state index in [-0.39, 0.29) is 0 Å². The van der Waals surface area contributed by atoms with E-state index in [1.165, 1.54) is 11.8 Å². The number of nitrogens with zero attached hydrogens (tertiary/aromatic N) is 1. The van der Waals surface area contributed by atoms with E-state index in [0.717, 1.165) is 6.42 Å². The molecule has 1 aromatic heterocycles. The first-order chi connectivity index (χ1) is 5.34. The molecular formula is C9H12N2. The molecule has 1 aromatic rings. The lowest BCUT2D eigenvalue weighted by Gasteiger charge is -2.06. The summed E-state index contributed by atoms with van der Waals surface area (Å²) in [6.45, 7) is 2.11. The summed E-state index contributed by atoms with van der Waals surface area (Å²) in [5, 5.41) is 6.94. The van der Waals surface area contributed by atoms with E-state index in [1.807, 2.05) is 12.1 Å². The summed E-state index contributed by atoms with van der Waals surface area (Å²) in [6.07, 6.45) is 5.83. The first-order valence-corrected chi connectivity index (χ1v) is 3.73. The Hall–Kier alpha value is -1.18. The van der Waals surface area contributed by atoms with E-state index in [0.29, 0.717) is 5.92 Å². The number of rotatable bonds is 3. The van der Waals surface area contributed by atoms with E-state index in [1.54, 1.807) is 12.4 Å². The van der Waals surface area contributed by atoms with Crippen molar-refractivity contribution in [3.63, 3.8) is 0 Å². The van der Waals surface area contributed by atoms with Crippen LogP contribution >= 0.6 is 0 Å². The quantitative estimate of drug-likeness (QED) is 0.655. The summed E-state index contributed by atoms with van der Waals surface area (Å²) < 4.78 is 0. The van der Waals surface area contributed by atoms with Gasteiger partial charge in [0.1, 0.15) is 0 Å². The van der Waals surface area contributed by atoms with Gasteiger partial charge in [0.05, 0.1) is 0 Å². The fourth-order valence-corrected chi connectivity index (χ4v) is 1.00. The van der Waals surface area contributed by atoms with Gasteiger partial charge in [-0.05, 0) is 36.2 Å². The SMILES string of the molecule is CC(CC=N)c1ccncc1. The second-order valence-corrected chi connectivity index (χ2v) is 2.62. The fourth-order valence-electron chi connectivity index (χ4n) is 1.00. The highest BCUT2D eigenvalue weighted by molar-refractivity contribution is 5.54. The molecule has 0 saturated carbocycles. The smallest absolute Gasteiger partial charge is 0.0270 e. The van der Waals surface area contributed by atoms with Crippen molar-refractivity contribution in [2.24, 2.45) is 0 Å². The van der Waals surface area contributed by atoms with E-state index < -0.39 is 0 Å². The lowest BCUT2D eigenvalue weighted by molar-refractivity contribution is 0.808. The van der Waals surface area contributed by atoms with Crippen molar-refractivity contribution in [3.8, 4) is 0 Å².